The van der Waals surface area contributed by atoms with Crippen LogP contribution in [0, 0.1) is 0 Å². The van der Waals surface area contributed by atoms with Crippen LogP contribution in [0.1, 0.15) is 10.4 Å². The molecule has 0 spiro atoms. The summed E-state index contributed by atoms with van der Waals surface area (Å²) in [4.78, 5) is 26.0. The highest BCUT2D eigenvalue weighted by molar-refractivity contribution is 6.41. The van der Waals surface area contributed by atoms with Gasteiger partial charge in [-0.25, -0.2) is 9.59 Å². The molecule has 0 atom stereocenters. The maximum absolute atomic E-state index is 11.4. The summed E-state index contributed by atoms with van der Waals surface area (Å²) < 4.78 is 0. The van der Waals surface area contributed by atoms with Crippen molar-refractivity contribution in [1.82, 2.24) is 5.48 Å². The first-order valence-corrected chi connectivity index (χ1v) is 4.96. The molecule has 8 heteroatoms. The van der Waals surface area contributed by atoms with Crippen molar-refractivity contribution < 1.29 is 14.4 Å². The largest absolute Gasteiger partial charge is 0.366 e. The van der Waals surface area contributed by atoms with Gasteiger partial charge in [0.15, 0.2) is 0 Å². The van der Waals surface area contributed by atoms with Crippen molar-refractivity contribution in [2.24, 2.45) is 5.73 Å². The molecule has 0 aliphatic rings. The maximum atomic E-state index is 11.4. The molecule has 0 heterocycles. The Morgan fingerprint density at radius 3 is 2.12 bits per heavy atom. The second-order valence-electron chi connectivity index (χ2n) is 2.60. The smallest absolute Gasteiger partial charge is 0.349 e. The van der Waals surface area contributed by atoms with E-state index in [0.29, 0.717) is 0 Å². The van der Waals surface area contributed by atoms with Crippen molar-refractivity contribution in [3.05, 3.63) is 32.8 Å². The highest BCUT2D eigenvalue weighted by atomic mass is 35.5. The summed E-state index contributed by atoms with van der Waals surface area (Å²) in [5, 5.41) is 0.289. The highest BCUT2D eigenvalue weighted by Crippen LogP contribution is 2.29. The van der Waals surface area contributed by atoms with E-state index in [4.69, 9.17) is 40.5 Å². The fourth-order valence-corrected chi connectivity index (χ4v) is 1.86. The lowest BCUT2D eigenvalue weighted by atomic mass is 10.2. The molecule has 0 aliphatic carbocycles. The zero-order chi connectivity index (χ0) is 12.3. The van der Waals surface area contributed by atoms with Crippen LogP contribution in [-0.2, 0) is 4.84 Å². The molecule has 0 unspecified atom stereocenters. The highest BCUT2D eigenvalue weighted by Gasteiger charge is 2.18. The third-order valence-corrected chi connectivity index (χ3v) is 2.27. The summed E-state index contributed by atoms with van der Waals surface area (Å²) in [6, 6.07) is 1.61. The molecule has 0 saturated heterocycles. The quantitative estimate of drug-likeness (QED) is 0.776. The summed E-state index contributed by atoms with van der Waals surface area (Å²) in [5.74, 6) is -0.939. The average Bonchev–Trinajstić information content (AvgIpc) is 2.12. The number of halogens is 3. The fourth-order valence-electron chi connectivity index (χ4n) is 0.885. The van der Waals surface area contributed by atoms with Gasteiger partial charge in [-0.05, 0) is 12.1 Å². The van der Waals surface area contributed by atoms with Crippen molar-refractivity contribution in [3.63, 3.8) is 0 Å². The summed E-state index contributed by atoms with van der Waals surface area (Å²) in [6.07, 6.45) is 0. The van der Waals surface area contributed by atoms with Crippen molar-refractivity contribution >= 4 is 46.8 Å². The topological polar surface area (TPSA) is 81.4 Å². The summed E-state index contributed by atoms with van der Waals surface area (Å²) in [5.41, 5.74) is 6.25. The van der Waals surface area contributed by atoms with Crippen molar-refractivity contribution in [2.45, 2.75) is 0 Å². The van der Waals surface area contributed by atoms with Gasteiger partial charge in [0, 0.05) is 5.02 Å². The second-order valence-corrected chi connectivity index (χ2v) is 3.85. The molecule has 86 valence electrons. The zero-order valence-corrected chi connectivity index (χ0v) is 9.86. The van der Waals surface area contributed by atoms with Crippen LogP contribution in [0.5, 0.6) is 0 Å². The Labute approximate surface area is 105 Å². The van der Waals surface area contributed by atoms with Gasteiger partial charge in [-0.3, -0.25) is 0 Å². The normalized spacial score (nSPS) is 9.69. The van der Waals surface area contributed by atoms with Crippen molar-refractivity contribution in [3.8, 4) is 0 Å². The molecular formula is C8H5Cl3N2O3. The minimum absolute atomic E-state index is 0.00812. The number of carbonyl (C=O) groups is 2. The minimum atomic E-state index is -1.02. The van der Waals surface area contributed by atoms with Gasteiger partial charge in [0.2, 0.25) is 0 Å². The van der Waals surface area contributed by atoms with Crippen LogP contribution in [0.25, 0.3) is 0 Å². The Morgan fingerprint density at radius 2 is 1.69 bits per heavy atom. The molecule has 2 amide bonds. The fraction of sp³-hybridized carbons (Fsp3) is 0. The van der Waals surface area contributed by atoms with E-state index in [1.807, 2.05) is 0 Å². The molecular weight excluding hydrogens is 278 g/mol. The number of urea groups is 1. The van der Waals surface area contributed by atoms with Crippen LogP contribution >= 0.6 is 34.8 Å². The Hall–Kier alpha value is -1.17. The van der Waals surface area contributed by atoms with Gasteiger partial charge in [-0.2, -0.15) is 5.48 Å². The van der Waals surface area contributed by atoms with Gasteiger partial charge < -0.3 is 10.6 Å². The molecule has 1 rings (SSSR count). The number of hydrogen-bond donors (Lipinski definition) is 2. The summed E-state index contributed by atoms with van der Waals surface area (Å²) >= 11 is 17.1. The minimum Gasteiger partial charge on any atom is -0.349 e. The molecule has 5 nitrogen and oxygen atoms in total. The summed E-state index contributed by atoms with van der Waals surface area (Å²) in [6.45, 7) is 0. The molecule has 1 aromatic rings. The summed E-state index contributed by atoms with van der Waals surface area (Å²) in [7, 11) is 0. The lowest BCUT2D eigenvalue weighted by Gasteiger charge is -2.06. The van der Waals surface area contributed by atoms with Gasteiger partial charge in [0.05, 0.1) is 15.6 Å². The molecule has 0 radical (unpaired) electrons. The standard InChI is InChI=1S/C8H5Cl3N2O3/c9-3-1-4(10)6(5(11)2-3)7(14)16-13-8(12)15/h1-2H,(H3,12,13,15). The van der Waals surface area contributed by atoms with E-state index in [2.05, 4.69) is 4.84 Å². The van der Waals surface area contributed by atoms with Crippen LogP contribution < -0.4 is 11.2 Å². The van der Waals surface area contributed by atoms with Crippen LogP contribution in [0.4, 0.5) is 4.79 Å². The molecule has 0 fully saturated rings. The average molecular weight is 283 g/mol. The Balaban J connectivity index is 2.95. The molecule has 0 aliphatic heterocycles. The van der Waals surface area contributed by atoms with Gasteiger partial charge >= 0.3 is 12.0 Å². The van der Waals surface area contributed by atoms with E-state index >= 15 is 0 Å². The number of hydrogen-bond acceptors (Lipinski definition) is 3. The van der Waals surface area contributed by atoms with E-state index in [1.54, 1.807) is 5.48 Å². The number of nitrogens with one attached hydrogen (secondary N) is 1. The number of rotatable bonds is 1. The zero-order valence-electron chi connectivity index (χ0n) is 7.59. The Morgan fingerprint density at radius 1 is 1.19 bits per heavy atom. The third-order valence-electron chi connectivity index (χ3n) is 1.46. The van der Waals surface area contributed by atoms with Gasteiger partial charge in [0.1, 0.15) is 0 Å². The van der Waals surface area contributed by atoms with Crippen LogP contribution in [0.3, 0.4) is 0 Å². The number of primary amides is 1. The molecule has 0 bridgehead atoms. The lowest BCUT2D eigenvalue weighted by Crippen LogP contribution is -2.32. The molecule has 0 aromatic heterocycles. The first-order chi connectivity index (χ1) is 7.41. The van der Waals surface area contributed by atoms with E-state index in [1.165, 1.54) is 12.1 Å². The number of hydroxylamine groups is 1. The van der Waals surface area contributed by atoms with Crippen molar-refractivity contribution in [2.75, 3.05) is 0 Å². The van der Waals surface area contributed by atoms with E-state index in [0.717, 1.165) is 0 Å². The van der Waals surface area contributed by atoms with Gasteiger partial charge in [-0.1, -0.05) is 34.8 Å². The number of amides is 2. The molecule has 16 heavy (non-hydrogen) atoms. The number of benzene rings is 1. The Kier molecular flexibility index (Phi) is 4.23. The predicted octanol–water partition coefficient (Wildman–Crippen LogP) is 2.39. The Bertz CT molecular complexity index is 427. The molecule has 3 N–H and O–H groups in total. The van der Waals surface area contributed by atoms with Crippen LogP contribution in [0.15, 0.2) is 12.1 Å². The van der Waals surface area contributed by atoms with Gasteiger partial charge in [0.25, 0.3) is 0 Å². The van der Waals surface area contributed by atoms with E-state index in [-0.39, 0.29) is 20.6 Å². The first-order valence-electron chi connectivity index (χ1n) is 3.83. The van der Waals surface area contributed by atoms with Gasteiger partial charge in [-0.15, -0.1) is 0 Å². The number of carbonyl (C=O) groups excluding carboxylic acids is 2. The predicted molar refractivity (Wildman–Crippen MR) is 59.6 cm³/mol. The molecule has 0 saturated carbocycles. The third kappa shape index (κ3) is 3.16. The van der Waals surface area contributed by atoms with E-state index in [9.17, 15) is 9.59 Å². The second kappa shape index (κ2) is 5.25. The van der Waals surface area contributed by atoms with Crippen LogP contribution in [-0.4, -0.2) is 12.0 Å². The molecule has 1 aromatic carbocycles. The monoisotopic (exact) mass is 282 g/mol. The number of nitrogens with two attached hydrogens (primary N) is 1. The maximum Gasteiger partial charge on any atom is 0.366 e. The lowest BCUT2D eigenvalue weighted by molar-refractivity contribution is 0.0335. The first kappa shape index (κ1) is 12.9. The van der Waals surface area contributed by atoms with Crippen LogP contribution in [0.2, 0.25) is 15.1 Å². The SMILES string of the molecule is NC(=O)NOC(=O)c1c(Cl)cc(Cl)cc1Cl. The van der Waals surface area contributed by atoms with Crippen molar-refractivity contribution in [1.29, 1.82) is 0 Å². The van der Waals surface area contributed by atoms with E-state index < -0.39 is 12.0 Å².